The van der Waals surface area contributed by atoms with E-state index in [-0.39, 0.29) is 17.7 Å². The fourth-order valence-electron chi connectivity index (χ4n) is 4.01. The van der Waals surface area contributed by atoms with Gasteiger partial charge >= 0.3 is 0 Å². The number of nitrogens with one attached hydrogen (secondary N) is 1. The number of methoxy groups -OCH3 is 1. The molecule has 0 spiro atoms. The molecule has 140 valence electrons. The van der Waals surface area contributed by atoms with Gasteiger partial charge in [0.2, 0.25) is 5.91 Å². The van der Waals surface area contributed by atoms with Gasteiger partial charge in [0.05, 0.1) is 29.1 Å². The second-order valence-corrected chi connectivity index (χ2v) is 7.79. The molecule has 1 amide bonds. The molecular formula is C23H19BrN2O2. The van der Waals surface area contributed by atoms with E-state index in [1.807, 2.05) is 30.3 Å². The predicted molar refractivity (Wildman–Crippen MR) is 112 cm³/mol. The van der Waals surface area contributed by atoms with Crippen molar-refractivity contribution in [2.45, 2.75) is 18.8 Å². The molecule has 2 unspecified atom stereocenters. The molecule has 1 aliphatic heterocycles. The summed E-state index contributed by atoms with van der Waals surface area (Å²) < 4.78 is 6.23. The summed E-state index contributed by atoms with van der Waals surface area (Å²) in [6.45, 7) is 0. The molecule has 0 saturated carbocycles. The summed E-state index contributed by atoms with van der Waals surface area (Å²) in [5.41, 5.74) is 4.32. The van der Waals surface area contributed by atoms with E-state index in [1.54, 1.807) is 13.2 Å². The minimum atomic E-state index is -0.349. The van der Waals surface area contributed by atoms with Crippen molar-refractivity contribution in [1.29, 1.82) is 5.26 Å². The molecule has 2 atom stereocenters. The molecule has 2 aliphatic rings. The average molecular weight is 435 g/mol. The van der Waals surface area contributed by atoms with Crippen LogP contribution in [0.5, 0.6) is 5.75 Å². The largest absolute Gasteiger partial charge is 0.495 e. The molecule has 1 aliphatic carbocycles. The van der Waals surface area contributed by atoms with Gasteiger partial charge in [0.15, 0.2) is 0 Å². The summed E-state index contributed by atoms with van der Waals surface area (Å²) >= 11 is 3.58. The van der Waals surface area contributed by atoms with Crippen molar-refractivity contribution in [3.8, 4) is 11.8 Å². The zero-order valence-corrected chi connectivity index (χ0v) is 17.0. The normalized spacial score (nSPS) is 20.6. The lowest BCUT2D eigenvalue weighted by atomic mass is 9.72. The fourth-order valence-corrected chi connectivity index (χ4v) is 4.54. The van der Waals surface area contributed by atoms with Crippen molar-refractivity contribution in [1.82, 2.24) is 0 Å². The van der Waals surface area contributed by atoms with Gasteiger partial charge in [-0.05, 0) is 63.7 Å². The fraction of sp³-hybridized carbons (Fsp3) is 0.217. The Balaban J connectivity index is 1.93. The Labute approximate surface area is 172 Å². The van der Waals surface area contributed by atoms with E-state index in [0.29, 0.717) is 11.3 Å². The molecule has 0 radical (unpaired) electrons. The predicted octanol–water partition coefficient (Wildman–Crippen LogP) is 5.31. The average Bonchev–Trinajstić information content (AvgIpc) is 2.73. The van der Waals surface area contributed by atoms with E-state index >= 15 is 0 Å². The molecule has 1 heterocycles. The van der Waals surface area contributed by atoms with E-state index < -0.39 is 0 Å². The van der Waals surface area contributed by atoms with E-state index in [0.717, 1.165) is 39.7 Å². The quantitative estimate of drug-likeness (QED) is 0.711. The molecule has 4 rings (SSSR count). The first kappa shape index (κ1) is 18.5. The molecule has 0 bridgehead atoms. The topological polar surface area (TPSA) is 62.1 Å². The summed E-state index contributed by atoms with van der Waals surface area (Å²) in [6.07, 6.45) is 8.24. The van der Waals surface area contributed by atoms with Gasteiger partial charge < -0.3 is 10.1 Å². The van der Waals surface area contributed by atoms with Crippen LogP contribution in [-0.2, 0) is 4.79 Å². The number of fused-ring (bicyclic) bond motifs is 1. The van der Waals surface area contributed by atoms with Crippen LogP contribution < -0.4 is 10.1 Å². The summed E-state index contributed by atoms with van der Waals surface area (Å²) in [5.74, 6) is 0.0902. The van der Waals surface area contributed by atoms with Gasteiger partial charge in [-0.15, -0.1) is 0 Å². The summed E-state index contributed by atoms with van der Waals surface area (Å²) in [6, 6.07) is 13.6. The Morgan fingerprint density at radius 3 is 2.79 bits per heavy atom. The highest BCUT2D eigenvalue weighted by Gasteiger charge is 2.39. The van der Waals surface area contributed by atoms with E-state index in [4.69, 9.17) is 4.74 Å². The first-order chi connectivity index (χ1) is 13.6. The second kappa shape index (κ2) is 7.65. The van der Waals surface area contributed by atoms with E-state index in [1.165, 1.54) is 0 Å². The van der Waals surface area contributed by atoms with Crippen LogP contribution in [-0.4, -0.2) is 13.0 Å². The number of ether oxygens (including phenoxy) is 1. The third kappa shape index (κ3) is 3.25. The van der Waals surface area contributed by atoms with Crippen molar-refractivity contribution in [3.05, 3.63) is 81.4 Å². The summed E-state index contributed by atoms with van der Waals surface area (Å²) in [5, 5.41) is 12.4. The van der Waals surface area contributed by atoms with Gasteiger partial charge in [-0.3, -0.25) is 4.79 Å². The van der Waals surface area contributed by atoms with Crippen LogP contribution >= 0.6 is 15.9 Å². The minimum Gasteiger partial charge on any atom is -0.495 e. The smallest absolute Gasteiger partial charge is 0.232 e. The van der Waals surface area contributed by atoms with Crippen LogP contribution in [0.2, 0.25) is 0 Å². The van der Waals surface area contributed by atoms with Crippen LogP contribution in [0.4, 0.5) is 5.69 Å². The van der Waals surface area contributed by atoms with Gasteiger partial charge in [-0.25, -0.2) is 0 Å². The zero-order valence-electron chi connectivity index (χ0n) is 15.4. The summed E-state index contributed by atoms with van der Waals surface area (Å²) in [7, 11) is 1.60. The number of hydrogen-bond donors (Lipinski definition) is 1. The minimum absolute atomic E-state index is 0.0398. The SMILES string of the molecule is COc1cc2c(cc1Br)C(c1cccc(C#N)c1)C(C1=CCCC=C1)C(=O)N2. The molecule has 2 aromatic rings. The number of hydrogen-bond acceptors (Lipinski definition) is 3. The highest BCUT2D eigenvalue weighted by atomic mass is 79.9. The lowest BCUT2D eigenvalue weighted by molar-refractivity contribution is -0.119. The van der Waals surface area contributed by atoms with Crippen molar-refractivity contribution in [3.63, 3.8) is 0 Å². The number of rotatable bonds is 3. The Morgan fingerprint density at radius 1 is 1.21 bits per heavy atom. The van der Waals surface area contributed by atoms with Crippen LogP contribution in [0.15, 0.2) is 64.7 Å². The third-order valence-electron chi connectivity index (χ3n) is 5.29. The van der Waals surface area contributed by atoms with Crippen molar-refractivity contribution < 1.29 is 9.53 Å². The standard InChI is InChI=1S/C23H19BrN2O2/c1-28-20-12-19-17(11-18(20)24)21(16-9-5-6-14(10-16)13-25)22(23(27)26-19)15-7-3-2-4-8-15/h3,5-12,21-22H,2,4H2,1H3,(H,26,27). The highest BCUT2D eigenvalue weighted by Crippen LogP contribution is 2.47. The van der Waals surface area contributed by atoms with Crippen LogP contribution in [0.25, 0.3) is 0 Å². The van der Waals surface area contributed by atoms with Gasteiger partial charge in [-0.1, -0.05) is 30.4 Å². The molecule has 5 heteroatoms. The molecule has 1 N–H and O–H groups in total. The number of nitrogens with zero attached hydrogens (tertiary/aromatic N) is 1. The number of benzene rings is 2. The molecular weight excluding hydrogens is 416 g/mol. The second-order valence-electron chi connectivity index (χ2n) is 6.94. The molecule has 0 saturated heterocycles. The summed E-state index contributed by atoms with van der Waals surface area (Å²) in [4.78, 5) is 13.2. The van der Waals surface area contributed by atoms with Gasteiger partial charge in [0.25, 0.3) is 0 Å². The monoisotopic (exact) mass is 434 g/mol. The Kier molecular flexibility index (Phi) is 5.06. The lowest BCUT2D eigenvalue weighted by Crippen LogP contribution is -2.35. The maximum atomic E-state index is 13.2. The molecule has 28 heavy (non-hydrogen) atoms. The maximum absolute atomic E-state index is 13.2. The number of halogens is 1. The molecule has 0 fully saturated rings. The number of nitriles is 1. The van der Waals surface area contributed by atoms with Crippen LogP contribution in [0.1, 0.15) is 35.4 Å². The highest BCUT2D eigenvalue weighted by molar-refractivity contribution is 9.10. The van der Waals surface area contributed by atoms with Gasteiger partial charge in [-0.2, -0.15) is 5.26 Å². The molecule has 0 aromatic heterocycles. The third-order valence-corrected chi connectivity index (χ3v) is 5.91. The molecule has 4 nitrogen and oxygen atoms in total. The van der Waals surface area contributed by atoms with Crippen molar-refractivity contribution >= 4 is 27.5 Å². The number of allylic oxidation sites excluding steroid dienone is 3. The van der Waals surface area contributed by atoms with Crippen molar-refractivity contribution in [2.75, 3.05) is 12.4 Å². The number of amides is 1. The van der Waals surface area contributed by atoms with Crippen LogP contribution in [0, 0.1) is 17.2 Å². The Morgan fingerprint density at radius 2 is 2.07 bits per heavy atom. The number of carbonyl (C=O) groups excluding carboxylic acids is 1. The number of carbonyl (C=O) groups is 1. The number of anilines is 1. The van der Waals surface area contributed by atoms with Gasteiger partial charge in [0, 0.05) is 17.7 Å². The van der Waals surface area contributed by atoms with Crippen molar-refractivity contribution in [2.24, 2.45) is 5.92 Å². The lowest BCUT2D eigenvalue weighted by Gasteiger charge is -2.35. The molecule has 2 aromatic carbocycles. The maximum Gasteiger partial charge on any atom is 0.232 e. The van der Waals surface area contributed by atoms with Gasteiger partial charge in [0.1, 0.15) is 5.75 Å². The Bertz CT molecular complexity index is 1050. The Hall–Kier alpha value is -2.84. The first-order valence-corrected chi connectivity index (χ1v) is 9.96. The van der Waals surface area contributed by atoms with Crippen LogP contribution in [0.3, 0.4) is 0 Å². The zero-order chi connectivity index (χ0) is 19.7. The van der Waals surface area contributed by atoms with E-state index in [2.05, 4.69) is 45.5 Å². The van der Waals surface area contributed by atoms with E-state index in [9.17, 15) is 10.1 Å². The first-order valence-electron chi connectivity index (χ1n) is 9.17.